The maximum Gasteiger partial charge on any atom is 0.337 e. The minimum Gasteiger partial charge on any atom is -0.478 e. The van der Waals surface area contributed by atoms with E-state index in [1.54, 1.807) is 18.2 Å². The molecule has 1 amide bonds. The number of nitrogens with two attached hydrogens (primary N) is 1. The van der Waals surface area contributed by atoms with Gasteiger partial charge in [-0.2, -0.15) is 0 Å². The Morgan fingerprint density at radius 2 is 1.81 bits per heavy atom. The van der Waals surface area contributed by atoms with Gasteiger partial charge in [0.05, 0.1) is 11.1 Å². The molecule has 0 saturated carbocycles. The summed E-state index contributed by atoms with van der Waals surface area (Å²) in [6.45, 7) is 0.525. The summed E-state index contributed by atoms with van der Waals surface area (Å²) in [6, 6.07) is 12.8. The van der Waals surface area contributed by atoms with E-state index in [1.807, 2.05) is 24.3 Å². The van der Waals surface area contributed by atoms with Gasteiger partial charge in [-0.25, -0.2) is 4.79 Å². The van der Waals surface area contributed by atoms with E-state index in [0.717, 1.165) is 42.1 Å². The van der Waals surface area contributed by atoms with E-state index in [4.69, 9.17) is 5.73 Å². The van der Waals surface area contributed by atoms with Crippen molar-refractivity contribution in [2.24, 2.45) is 5.73 Å². The number of hydrogen-bond acceptors (Lipinski definition) is 2. The van der Waals surface area contributed by atoms with Crippen LogP contribution in [0.15, 0.2) is 42.5 Å². The van der Waals surface area contributed by atoms with Crippen LogP contribution in [0.4, 0.5) is 0 Å². The number of primary amides is 1. The minimum absolute atomic E-state index is 0.326. The first-order valence-corrected chi connectivity index (χ1v) is 9.31. The number of carbonyl (C=O) groups is 2. The number of hydrogen-bond donors (Lipinski definition) is 2. The molecule has 2 aromatic carbocycles. The number of carbonyl (C=O) groups excluding carboxylic acids is 1. The highest BCUT2D eigenvalue weighted by molar-refractivity contribution is 6.04. The van der Waals surface area contributed by atoms with Gasteiger partial charge in [0.2, 0.25) is 5.91 Å². The molecule has 138 valence electrons. The smallest absolute Gasteiger partial charge is 0.337 e. The van der Waals surface area contributed by atoms with Crippen molar-refractivity contribution in [1.82, 2.24) is 4.57 Å². The molecule has 1 aliphatic carbocycles. The fourth-order valence-corrected chi connectivity index (χ4v) is 4.22. The van der Waals surface area contributed by atoms with Crippen molar-refractivity contribution in [2.75, 3.05) is 0 Å². The lowest BCUT2D eigenvalue weighted by Crippen LogP contribution is -2.12. The van der Waals surface area contributed by atoms with E-state index in [-0.39, 0.29) is 0 Å². The fourth-order valence-electron chi connectivity index (χ4n) is 4.22. The first kappa shape index (κ1) is 17.3. The molecule has 1 heterocycles. The molecular weight excluding hydrogens is 340 g/mol. The summed E-state index contributed by atoms with van der Waals surface area (Å²) in [5.74, 6) is -1.38. The van der Waals surface area contributed by atoms with E-state index in [2.05, 4.69) is 4.57 Å². The zero-order valence-electron chi connectivity index (χ0n) is 15.1. The lowest BCUT2D eigenvalue weighted by atomic mass is 10.0. The van der Waals surface area contributed by atoms with Crippen molar-refractivity contribution >= 4 is 22.8 Å². The Labute approximate surface area is 157 Å². The maximum absolute atomic E-state index is 11.9. The third kappa shape index (κ3) is 3.10. The van der Waals surface area contributed by atoms with E-state index >= 15 is 0 Å². The number of nitrogens with zero attached hydrogens (tertiary/aromatic N) is 1. The molecule has 5 heteroatoms. The monoisotopic (exact) mass is 362 g/mol. The molecule has 0 aliphatic heterocycles. The maximum atomic E-state index is 11.9. The molecule has 1 aromatic heterocycles. The summed E-state index contributed by atoms with van der Waals surface area (Å²) >= 11 is 0. The van der Waals surface area contributed by atoms with Gasteiger partial charge in [-0.1, -0.05) is 30.7 Å². The number of carboxylic acid groups (broad SMARTS) is 1. The summed E-state index contributed by atoms with van der Waals surface area (Å²) < 4.78 is 2.14. The molecule has 1 aliphatic rings. The molecule has 0 fully saturated rings. The van der Waals surface area contributed by atoms with Gasteiger partial charge in [0.1, 0.15) is 0 Å². The average Bonchev–Trinajstić information content (AvgIpc) is 2.82. The number of rotatable bonds is 4. The molecule has 5 nitrogen and oxygen atoms in total. The highest BCUT2D eigenvalue weighted by Gasteiger charge is 2.23. The van der Waals surface area contributed by atoms with Crippen LogP contribution in [0, 0.1) is 0 Å². The van der Waals surface area contributed by atoms with Crippen molar-refractivity contribution in [3.05, 3.63) is 70.4 Å². The standard InChI is InChI=1S/C22H22N2O3/c23-21(25)15-7-4-6-14(12-15)13-24-19-11-3-1-2-8-16(19)17-9-5-10-18(20(17)24)22(26)27/h4-7,9-10,12H,1-3,8,11,13H2,(H2,23,25)(H,26,27). The molecule has 3 aromatic rings. The molecule has 4 rings (SSSR count). The SMILES string of the molecule is NC(=O)c1cccc(Cn2c3c(c4cccc(C(=O)O)c42)CCCCC3)c1. The van der Waals surface area contributed by atoms with Gasteiger partial charge in [0.25, 0.3) is 0 Å². The first-order chi connectivity index (χ1) is 13.1. The van der Waals surface area contributed by atoms with Crippen molar-refractivity contribution in [1.29, 1.82) is 0 Å². The highest BCUT2D eigenvalue weighted by atomic mass is 16.4. The Hall–Kier alpha value is -3.08. The summed E-state index contributed by atoms with van der Waals surface area (Å²) in [7, 11) is 0. The number of benzene rings is 2. The molecular formula is C22H22N2O3. The molecule has 0 saturated heterocycles. The van der Waals surface area contributed by atoms with Gasteiger partial charge in [-0.3, -0.25) is 4.79 Å². The van der Waals surface area contributed by atoms with Crippen LogP contribution in [0.5, 0.6) is 0 Å². The van der Waals surface area contributed by atoms with Gasteiger partial charge in [0.15, 0.2) is 0 Å². The van der Waals surface area contributed by atoms with Crippen molar-refractivity contribution in [3.63, 3.8) is 0 Å². The normalized spacial score (nSPS) is 13.9. The zero-order valence-corrected chi connectivity index (χ0v) is 15.1. The van der Waals surface area contributed by atoms with Gasteiger partial charge in [-0.05, 0) is 55.0 Å². The molecule has 0 atom stereocenters. The lowest BCUT2D eigenvalue weighted by Gasteiger charge is -2.13. The second-order valence-electron chi connectivity index (χ2n) is 7.14. The molecule has 0 spiro atoms. The average molecular weight is 362 g/mol. The van der Waals surface area contributed by atoms with Gasteiger partial charge < -0.3 is 15.4 Å². The second-order valence-corrected chi connectivity index (χ2v) is 7.14. The van der Waals surface area contributed by atoms with Crippen LogP contribution >= 0.6 is 0 Å². The van der Waals surface area contributed by atoms with Crippen molar-refractivity contribution in [2.45, 2.75) is 38.6 Å². The quantitative estimate of drug-likeness (QED) is 0.693. The van der Waals surface area contributed by atoms with Crippen LogP contribution in [0.3, 0.4) is 0 Å². The summed E-state index contributed by atoms with van der Waals surface area (Å²) in [4.78, 5) is 23.4. The number of aryl methyl sites for hydroxylation is 1. The van der Waals surface area contributed by atoms with E-state index < -0.39 is 11.9 Å². The number of amides is 1. The Bertz CT molecular complexity index is 1050. The lowest BCUT2D eigenvalue weighted by molar-refractivity contribution is 0.0698. The molecule has 3 N–H and O–H groups in total. The third-order valence-corrected chi connectivity index (χ3v) is 5.43. The minimum atomic E-state index is -0.916. The summed E-state index contributed by atoms with van der Waals surface area (Å²) in [5, 5.41) is 10.8. The number of aromatic nitrogens is 1. The molecule has 0 unspecified atom stereocenters. The number of carboxylic acids is 1. The predicted molar refractivity (Wildman–Crippen MR) is 104 cm³/mol. The summed E-state index contributed by atoms with van der Waals surface area (Å²) in [5.41, 5.74) is 10.4. The van der Waals surface area contributed by atoms with Crippen LogP contribution in [0.25, 0.3) is 10.9 Å². The molecule has 27 heavy (non-hydrogen) atoms. The van der Waals surface area contributed by atoms with Gasteiger partial charge in [0, 0.05) is 23.2 Å². The number of fused-ring (bicyclic) bond motifs is 3. The van der Waals surface area contributed by atoms with Gasteiger partial charge in [-0.15, -0.1) is 0 Å². The van der Waals surface area contributed by atoms with Crippen molar-refractivity contribution < 1.29 is 14.7 Å². The molecule has 0 bridgehead atoms. The molecule has 0 radical (unpaired) electrons. The summed E-state index contributed by atoms with van der Waals surface area (Å²) in [6.07, 6.45) is 5.33. The Balaban J connectivity index is 1.93. The predicted octanol–water partition coefficient (Wildman–Crippen LogP) is 3.76. The third-order valence-electron chi connectivity index (χ3n) is 5.43. The van der Waals surface area contributed by atoms with Crippen LogP contribution in [0.1, 0.15) is 56.8 Å². The van der Waals surface area contributed by atoms with E-state index in [9.17, 15) is 14.7 Å². The first-order valence-electron chi connectivity index (χ1n) is 9.31. The van der Waals surface area contributed by atoms with Crippen molar-refractivity contribution in [3.8, 4) is 0 Å². The van der Waals surface area contributed by atoms with Gasteiger partial charge >= 0.3 is 5.97 Å². The van der Waals surface area contributed by atoms with Crippen LogP contribution < -0.4 is 5.73 Å². The van der Waals surface area contributed by atoms with E-state index in [1.165, 1.54) is 17.7 Å². The fraction of sp³-hybridized carbons (Fsp3) is 0.273. The highest BCUT2D eigenvalue weighted by Crippen LogP contribution is 2.34. The number of aromatic carboxylic acids is 1. The van der Waals surface area contributed by atoms with Crippen LogP contribution in [0.2, 0.25) is 0 Å². The Morgan fingerprint density at radius 1 is 1.04 bits per heavy atom. The Kier molecular flexibility index (Phi) is 4.44. The van der Waals surface area contributed by atoms with E-state index in [0.29, 0.717) is 17.7 Å². The largest absolute Gasteiger partial charge is 0.478 e. The second kappa shape index (κ2) is 6.91. The zero-order chi connectivity index (χ0) is 19.0. The number of para-hydroxylation sites is 1. The Morgan fingerprint density at radius 3 is 2.59 bits per heavy atom. The van der Waals surface area contributed by atoms with Crippen LogP contribution in [-0.4, -0.2) is 21.6 Å². The van der Waals surface area contributed by atoms with Crippen LogP contribution in [-0.2, 0) is 19.4 Å². The topological polar surface area (TPSA) is 85.3 Å².